The summed E-state index contributed by atoms with van der Waals surface area (Å²) in [5, 5.41) is 7.07. The maximum atomic E-state index is 12.1. The Morgan fingerprint density at radius 2 is 1.71 bits per heavy atom. The molecule has 21 heavy (non-hydrogen) atoms. The third-order valence-corrected chi connectivity index (χ3v) is 3.80. The first-order valence-corrected chi connectivity index (χ1v) is 7.21. The topological polar surface area (TPSA) is 47.6 Å². The van der Waals surface area contributed by atoms with E-state index in [1.807, 2.05) is 47.5 Å². The van der Waals surface area contributed by atoms with Gasteiger partial charge in [0.15, 0.2) is 0 Å². The summed E-state index contributed by atoms with van der Waals surface area (Å²) >= 11 is 0. The molecular weight excluding hydrogens is 264 g/mol. The van der Waals surface area contributed by atoms with Crippen LogP contribution in [0.25, 0.3) is 10.8 Å². The molecule has 1 heterocycles. The molecule has 1 aliphatic rings. The standard InChI is InChI=1S/C16H20N4O/c1-19-9-11-20(12-10-19)18-16(21)17-15-8-4-6-13-5-2-3-7-14(13)15/h2-8H,9-12H2,1H3,(H2,17,18,21). The number of likely N-dealkylation sites (N-methyl/N-ethyl adjacent to an activating group) is 1. The van der Waals surface area contributed by atoms with E-state index in [0.717, 1.165) is 42.6 Å². The maximum Gasteiger partial charge on any atom is 0.333 e. The zero-order valence-corrected chi connectivity index (χ0v) is 12.2. The predicted octanol–water partition coefficient (Wildman–Crippen LogP) is 2.12. The Bertz CT molecular complexity index is 630. The quantitative estimate of drug-likeness (QED) is 0.888. The Hall–Kier alpha value is -2.11. The number of amides is 2. The third kappa shape index (κ3) is 3.32. The monoisotopic (exact) mass is 284 g/mol. The number of anilines is 1. The van der Waals surface area contributed by atoms with Crippen molar-refractivity contribution in [3.63, 3.8) is 0 Å². The van der Waals surface area contributed by atoms with Crippen LogP contribution in [-0.2, 0) is 0 Å². The number of urea groups is 1. The fourth-order valence-corrected chi connectivity index (χ4v) is 2.55. The van der Waals surface area contributed by atoms with Gasteiger partial charge in [-0.05, 0) is 18.5 Å². The number of nitrogens with zero attached hydrogens (tertiary/aromatic N) is 2. The number of hydrogen-bond donors (Lipinski definition) is 2. The highest BCUT2D eigenvalue weighted by Gasteiger charge is 2.15. The van der Waals surface area contributed by atoms with Crippen LogP contribution in [0.1, 0.15) is 0 Å². The van der Waals surface area contributed by atoms with Gasteiger partial charge >= 0.3 is 6.03 Å². The lowest BCUT2D eigenvalue weighted by molar-refractivity contribution is 0.116. The lowest BCUT2D eigenvalue weighted by atomic mass is 10.1. The number of piperazine rings is 1. The minimum Gasteiger partial charge on any atom is -0.306 e. The van der Waals surface area contributed by atoms with Gasteiger partial charge in [-0.25, -0.2) is 9.80 Å². The van der Waals surface area contributed by atoms with Crippen molar-refractivity contribution in [2.45, 2.75) is 0 Å². The van der Waals surface area contributed by atoms with E-state index < -0.39 is 0 Å². The molecule has 110 valence electrons. The van der Waals surface area contributed by atoms with Crippen molar-refractivity contribution in [2.75, 3.05) is 38.5 Å². The number of hydrazine groups is 1. The van der Waals surface area contributed by atoms with Crippen molar-refractivity contribution < 1.29 is 4.79 Å². The number of fused-ring (bicyclic) bond motifs is 1. The van der Waals surface area contributed by atoms with Crippen LogP contribution in [-0.4, -0.2) is 49.2 Å². The Labute approximate surface area is 124 Å². The second-order valence-electron chi connectivity index (χ2n) is 5.38. The van der Waals surface area contributed by atoms with E-state index in [4.69, 9.17) is 0 Å². The van der Waals surface area contributed by atoms with E-state index in [9.17, 15) is 4.79 Å². The van der Waals surface area contributed by atoms with Crippen molar-refractivity contribution in [3.05, 3.63) is 42.5 Å². The molecule has 1 saturated heterocycles. The van der Waals surface area contributed by atoms with E-state index in [-0.39, 0.29) is 6.03 Å². The number of rotatable bonds is 2. The van der Waals surface area contributed by atoms with E-state index in [0.29, 0.717) is 0 Å². The molecule has 0 aliphatic carbocycles. The summed E-state index contributed by atoms with van der Waals surface area (Å²) in [7, 11) is 2.09. The van der Waals surface area contributed by atoms with Gasteiger partial charge in [0.05, 0.1) is 5.69 Å². The smallest absolute Gasteiger partial charge is 0.306 e. The van der Waals surface area contributed by atoms with Crippen LogP contribution in [0.15, 0.2) is 42.5 Å². The molecule has 0 bridgehead atoms. The first-order chi connectivity index (χ1) is 10.2. The van der Waals surface area contributed by atoms with Gasteiger partial charge in [-0.3, -0.25) is 5.43 Å². The normalized spacial score (nSPS) is 16.8. The van der Waals surface area contributed by atoms with Crippen molar-refractivity contribution in [1.29, 1.82) is 0 Å². The van der Waals surface area contributed by atoms with Gasteiger partial charge in [0.2, 0.25) is 0 Å². The summed E-state index contributed by atoms with van der Waals surface area (Å²) in [6.45, 7) is 3.63. The van der Waals surface area contributed by atoms with Crippen LogP contribution < -0.4 is 10.7 Å². The summed E-state index contributed by atoms with van der Waals surface area (Å²) in [5.74, 6) is 0. The van der Waals surface area contributed by atoms with Crippen LogP contribution in [0.2, 0.25) is 0 Å². The first-order valence-electron chi connectivity index (χ1n) is 7.21. The molecule has 0 atom stereocenters. The van der Waals surface area contributed by atoms with Crippen LogP contribution in [0, 0.1) is 0 Å². The van der Waals surface area contributed by atoms with Crippen LogP contribution >= 0.6 is 0 Å². The molecular formula is C16H20N4O. The minimum atomic E-state index is -0.184. The van der Waals surface area contributed by atoms with E-state index in [1.54, 1.807) is 0 Å². The van der Waals surface area contributed by atoms with Crippen molar-refractivity contribution in [3.8, 4) is 0 Å². The highest BCUT2D eigenvalue weighted by Crippen LogP contribution is 2.22. The van der Waals surface area contributed by atoms with Gasteiger partial charge in [0.25, 0.3) is 0 Å². The molecule has 3 rings (SSSR count). The molecule has 0 unspecified atom stereocenters. The summed E-state index contributed by atoms with van der Waals surface area (Å²) in [6, 6.07) is 13.8. The molecule has 1 aliphatic heterocycles. The zero-order chi connectivity index (χ0) is 14.7. The fourth-order valence-electron chi connectivity index (χ4n) is 2.55. The SMILES string of the molecule is CN1CCN(NC(=O)Nc2cccc3ccccc23)CC1. The summed E-state index contributed by atoms with van der Waals surface area (Å²) in [6.07, 6.45) is 0. The number of benzene rings is 2. The number of hydrogen-bond acceptors (Lipinski definition) is 3. The fraction of sp³-hybridized carbons (Fsp3) is 0.312. The largest absolute Gasteiger partial charge is 0.333 e. The van der Waals surface area contributed by atoms with Gasteiger partial charge in [0, 0.05) is 31.6 Å². The summed E-state index contributed by atoms with van der Waals surface area (Å²) < 4.78 is 0. The van der Waals surface area contributed by atoms with Gasteiger partial charge in [-0.1, -0.05) is 36.4 Å². The molecule has 1 fully saturated rings. The second-order valence-corrected chi connectivity index (χ2v) is 5.38. The Morgan fingerprint density at radius 3 is 2.52 bits per heavy atom. The molecule has 2 aromatic rings. The van der Waals surface area contributed by atoms with E-state index in [1.165, 1.54) is 0 Å². The van der Waals surface area contributed by atoms with Crippen molar-refractivity contribution >= 4 is 22.5 Å². The average Bonchev–Trinajstić information content (AvgIpc) is 2.50. The van der Waals surface area contributed by atoms with Gasteiger partial charge in [-0.2, -0.15) is 0 Å². The molecule has 0 saturated carbocycles. The Morgan fingerprint density at radius 1 is 1.00 bits per heavy atom. The number of carbonyl (C=O) groups is 1. The number of nitrogens with one attached hydrogen (secondary N) is 2. The van der Waals surface area contributed by atoms with Crippen molar-refractivity contribution in [2.24, 2.45) is 0 Å². The summed E-state index contributed by atoms with van der Waals surface area (Å²) in [4.78, 5) is 14.4. The summed E-state index contributed by atoms with van der Waals surface area (Å²) in [5.41, 5.74) is 3.74. The molecule has 5 heteroatoms. The lowest BCUT2D eigenvalue weighted by Gasteiger charge is -2.32. The van der Waals surface area contributed by atoms with Crippen molar-refractivity contribution in [1.82, 2.24) is 15.3 Å². The maximum absolute atomic E-state index is 12.1. The van der Waals surface area contributed by atoms with Crippen LogP contribution in [0.4, 0.5) is 10.5 Å². The molecule has 0 aromatic heterocycles. The van der Waals surface area contributed by atoms with Crippen LogP contribution in [0.5, 0.6) is 0 Å². The average molecular weight is 284 g/mol. The Kier molecular flexibility index (Phi) is 4.03. The molecule has 0 radical (unpaired) electrons. The predicted molar refractivity (Wildman–Crippen MR) is 85.2 cm³/mol. The number of carbonyl (C=O) groups excluding carboxylic acids is 1. The van der Waals surface area contributed by atoms with Crippen LogP contribution in [0.3, 0.4) is 0 Å². The van der Waals surface area contributed by atoms with Gasteiger partial charge in [0.1, 0.15) is 0 Å². The molecule has 2 aromatic carbocycles. The third-order valence-electron chi connectivity index (χ3n) is 3.80. The van der Waals surface area contributed by atoms with E-state index in [2.05, 4.69) is 22.7 Å². The van der Waals surface area contributed by atoms with Gasteiger partial charge < -0.3 is 10.2 Å². The highest BCUT2D eigenvalue weighted by atomic mass is 16.2. The molecule has 5 nitrogen and oxygen atoms in total. The zero-order valence-electron chi connectivity index (χ0n) is 12.2. The van der Waals surface area contributed by atoms with E-state index >= 15 is 0 Å². The highest BCUT2D eigenvalue weighted by molar-refractivity contribution is 6.01. The first kappa shape index (κ1) is 13.9. The minimum absolute atomic E-state index is 0.184. The molecule has 2 N–H and O–H groups in total. The molecule has 2 amide bonds. The Balaban J connectivity index is 1.66. The molecule has 0 spiro atoms. The second kappa shape index (κ2) is 6.11. The lowest BCUT2D eigenvalue weighted by Crippen LogP contribution is -2.53. The van der Waals surface area contributed by atoms with Gasteiger partial charge in [-0.15, -0.1) is 0 Å².